The van der Waals surface area contributed by atoms with Gasteiger partial charge in [-0.25, -0.2) is 0 Å². The summed E-state index contributed by atoms with van der Waals surface area (Å²) in [6, 6.07) is 6.73. The zero-order chi connectivity index (χ0) is 15.9. The van der Waals surface area contributed by atoms with Gasteiger partial charge in [0.15, 0.2) is 23.0 Å². The van der Waals surface area contributed by atoms with Crippen LogP contribution in [0.4, 0.5) is 0 Å². The van der Waals surface area contributed by atoms with Gasteiger partial charge in [-0.05, 0) is 23.8 Å². The Balaban J connectivity index is 2.27. The lowest BCUT2D eigenvalue weighted by Gasteiger charge is -2.07. The van der Waals surface area contributed by atoms with Crippen LogP contribution in [0.25, 0.3) is 22.1 Å². The molecule has 0 saturated carbocycles. The Morgan fingerprint density at radius 2 is 1.77 bits per heavy atom. The summed E-state index contributed by atoms with van der Waals surface area (Å²) in [5.74, 6) is -0.584. The topological polar surface area (TPSA) is 100 Å². The molecule has 0 atom stereocenters. The zero-order valence-electron chi connectivity index (χ0n) is 11.5. The summed E-state index contributed by atoms with van der Waals surface area (Å²) in [7, 11) is 1.38. The number of hydrogen-bond donors (Lipinski definition) is 3. The molecule has 3 N–H and O–H groups in total. The number of aromatic hydroxyl groups is 3. The first kappa shape index (κ1) is 13.8. The van der Waals surface area contributed by atoms with Gasteiger partial charge >= 0.3 is 0 Å². The lowest BCUT2D eigenvalue weighted by Crippen LogP contribution is -2.05. The third-order valence-electron chi connectivity index (χ3n) is 3.36. The van der Waals surface area contributed by atoms with E-state index in [4.69, 9.17) is 9.15 Å². The van der Waals surface area contributed by atoms with Crippen LogP contribution in [0, 0.1) is 0 Å². The molecular formula is C16H12O6. The molecule has 3 aromatic rings. The Morgan fingerprint density at radius 1 is 1.00 bits per heavy atom. The quantitative estimate of drug-likeness (QED) is 0.629. The second-order valence-corrected chi connectivity index (χ2v) is 4.70. The summed E-state index contributed by atoms with van der Waals surface area (Å²) in [6.07, 6.45) is 1.24. The minimum Gasteiger partial charge on any atom is -0.504 e. The van der Waals surface area contributed by atoms with E-state index in [2.05, 4.69) is 0 Å². The Kier molecular flexibility index (Phi) is 3.14. The molecule has 0 aliphatic heterocycles. The van der Waals surface area contributed by atoms with Gasteiger partial charge in [-0.2, -0.15) is 0 Å². The van der Waals surface area contributed by atoms with Crippen molar-refractivity contribution < 1.29 is 24.5 Å². The Bertz CT molecular complexity index is 926. The van der Waals surface area contributed by atoms with Crippen molar-refractivity contribution in [3.05, 3.63) is 46.8 Å². The van der Waals surface area contributed by atoms with Crippen molar-refractivity contribution in [2.45, 2.75) is 0 Å². The van der Waals surface area contributed by atoms with E-state index in [1.807, 2.05) is 0 Å². The predicted octanol–water partition coefficient (Wildman–Crippen LogP) is 2.59. The van der Waals surface area contributed by atoms with Crippen molar-refractivity contribution in [3.63, 3.8) is 0 Å². The fraction of sp³-hybridized carbons (Fsp3) is 0.0625. The van der Waals surface area contributed by atoms with E-state index in [-0.39, 0.29) is 45.0 Å². The highest BCUT2D eigenvalue weighted by Gasteiger charge is 2.14. The number of methoxy groups -OCH3 is 1. The molecule has 1 aromatic heterocycles. The number of fused-ring (bicyclic) bond motifs is 1. The molecule has 6 nitrogen and oxygen atoms in total. The number of phenolic OH excluding ortho intramolecular Hbond substituents is 3. The Hall–Kier alpha value is -3.15. The maximum atomic E-state index is 12.6. The Labute approximate surface area is 124 Å². The van der Waals surface area contributed by atoms with Crippen LogP contribution < -0.4 is 10.2 Å². The highest BCUT2D eigenvalue weighted by molar-refractivity contribution is 5.84. The van der Waals surface area contributed by atoms with E-state index < -0.39 is 0 Å². The van der Waals surface area contributed by atoms with E-state index in [1.54, 1.807) is 0 Å². The predicted molar refractivity (Wildman–Crippen MR) is 79.5 cm³/mol. The van der Waals surface area contributed by atoms with E-state index in [0.29, 0.717) is 5.56 Å². The highest BCUT2D eigenvalue weighted by Crippen LogP contribution is 2.33. The molecule has 1 heterocycles. The standard InChI is InChI=1S/C16H12O6/c1-21-15-5-9-14(6-13(15)19)22-7-10(16(9)20)8-2-3-11(17)12(18)4-8/h2-7,17-19H,1H3. The summed E-state index contributed by atoms with van der Waals surface area (Å²) >= 11 is 0. The maximum absolute atomic E-state index is 12.6. The minimum absolute atomic E-state index is 0.131. The molecule has 3 rings (SSSR count). The van der Waals surface area contributed by atoms with E-state index in [0.717, 1.165) is 0 Å². The van der Waals surface area contributed by atoms with Crippen LogP contribution in [-0.4, -0.2) is 22.4 Å². The van der Waals surface area contributed by atoms with Crippen molar-refractivity contribution in [2.75, 3.05) is 7.11 Å². The van der Waals surface area contributed by atoms with Gasteiger partial charge in [0.1, 0.15) is 11.8 Å². The molecule has 112 valence electrons. The molecule has 0 bridgehead atoms. The van der Waals surface area contributed by atoms with E-state index >= 15 is 0 Å². The van der Waals surface area contributed by atoms with Gasteiger partial charge in [0.05, 0.1) is 18.1 Å². The Morgan fingerprint density at radius 3 is 2.45 bits per heavy atom. The maximum Gasteiger partial charge on any atom is 0.200 e. The SMILES string of the molecule is COc1cc2c(=O)c(-c3ccc(O)c(O)c3)coc2cc1O. The van der Waals surface area contributed by atoms with Crippen LogP contribution in [0.15, 0.2) is 45.8 Å². The normalized spacial score (nSPS) is 10.8. The highest BCUT2D eigenvalue weighted by atomic mass is 16.5. The number of rotatable bonds is 2. The number of phenols is 3. The molecule has 0 fully saturated rings. The van der Waals surface area contributed by atoms with Gasteiger partial charge in [-0.15, -0.1) is 0 Å². The molecule has 0 saturated heterocycles. The first-order chi connectivity index (χ1) is 10.5. The summed E-state index contributed by atoms with van der Waals surface area (Å²) in [5.41, 5.74) is 0.494. The zero-order valence-corrected chi connectivity index (χ0v) is 11.5. The molecule has 0 spiro atoms. The van der Waals surface area contributed by atoms with Crippen molar-refractivity contribution in [1.82, 2.24) is 0 Å². The average molecular weight is 300 g/mol. The fourth-order valence-electron chi connectivity index (χ4n) is 2.20. The average Bonchev–Trinajstić information content (AvgIpc) is 2.50. The van der Waals surface area contributed by atoms with Crippen molar-refractivity contribution in [3.8, 4) is 34.1 Å². The monoisotopic (exact) mass is 300 g/mol. The van der Waals surface area contributed by atoms with Gasteiger partial charge in [0, 0.05) is 6.07 Å². The number of benzene rings is 2. The van der Waals surface area contributed by atoms with Crippen molar-refractivity contribution in [2.24, 2.45) is 0 Å². The first-order valence-electron chi connectivity index (χ1n) is 6.36. The van der Waals surface area contributed by atoms with Crippen molar-refractivity contribution >= 4 is 11.0 Å². The summed E-state index contributed by atoms with van der Waals surface area (Å²) in [6.45, 7) is 0. The van der Waals surface area contributed by atoms with Crippen LogP contribution in [0.1, 0.15) is 0 Å². The molecule has 6 heteroatoms. The molecule has 2 aromatic carbocycles. The molecule has 22 heavy (non-hydrogen) atoms. The first-order valence-corrected chi connectivity index (χ1v) is 6.36. The van der Waals surface area contributed by atoms with Crippen LogP contribution in [0.2, 0.25) is 0 Å². The second kappa shape index (κ2) is 5.00. The summed E-state index contributed by atoms with van der Waals surface area (Å²) < 4.78 is 10.4. The molecule has 0 unspecified atom stereocenters. The summed E-state index contributed by atoms with van der Waals surface area (Å²) in [4.78, 5) is 12.6. The van der Waals surface area contributed by atoms with E-state index in [1.165, 1.54) is 43.7 Å². The third kappa shape index (κ3) is 2.10. The van der Waals surface area contributed by atoms with Gasteiger partial charge in [-0.3, -0.25) is 4.79 Å². The molecular weight excluding hydrogens is 288 g/mol. The summed E-state index contributed by atoms with van der Waals surface area (Å²) in [5, 5.41) is 28.8. The van der Waals surface area contributed by atoms with Gasteiger partial charge in [-0.1, -0.05) is 6.07 Å². The largest absolute Gasteiger partial charge is 0.504 e. The second-order valence-electron chi connectivity index (χ2n) is 4.70. The van der Waals surface area contributed by atoms with Crippen molar-refractivity contribution in [1.29, 1.82) is 0 Å². The van der Waals surface area contributed by atoms with Crippen LogP contribution >= 0.6 is 0 Å². The number of ether oxygens (including phenoxy) is 1. The van der Waals surface area contributed by atoms with Gasteiger partial charge in [0.2, 0.25) is 5.43 Å². The molecule has 0 amide bonds. The van der Waals surface area contributed by atoms with Gasteiger partial charge < -0.3 is 24.5 Å². The van der Waals surface area contributed by atoms with Crippen LogP contribution in [0.3, 0.4) is 0 Å². The molecule has 0 aliphatic rings. The number of hydrogen-bond acceptors (Lipinski definition) is 6. The van der Waals surface area contributed by atoms with Crippen LogP contribution in [-0.2, 0) is 0 Å². The third-order valence-corrected chi connectivity index (χ3v) is 3.36. The molecule has 0 aliphatic carbocycles. The minimum atomic E-state index is -0.343. The van der Waals surface area contributed by atoms with E-state index in [9.17, 15) is 20.1 Å². The lowest BCUT2D eigenvalue weighted by molar-refractivity contribution is 0.373. The fourth-order valence-corrected chi connectivity index (χ4v) is 2.20. The lowest BCUT2D eigenvalue weighted by atomic mass is 10.0. The van der Waals surface area contributed by atoms with Crippen LogP contribution in [0.5, 0.6) is 23.0 Å². The smallest absolute Gasteiger partial charge is 0.200 e. The molecule has 0 radical (unpaired) electrons. The van der Waals surface area contributed by atoms with Gasteiger partial charge in [0.25, 0.3) is 0 Å².